The van der Waals surface area contributed by atoms with Crippen molar-refractivity contribution >= 4 is 23.2 Å². The van der Waals surface area contributed by atoms with Crippen LogP contribution in [-0.2, 0) is 6.42 Å². The van der Waals surface area contributed by atoms with Crippen molar-refractivity contribution in [2.45, 2.75) is 33.1 Å². The summed E-state index contributed by atoms with van der Waals surface area (Å²) in [5.41, 5.74) is 4.46. The maximum atomic E-state index is 12.6. The SMILES string of the molecule is CCc1ccc(NC(=O)c2cncc(C(=O)Nc3ccc(C(C)C)cc3)c2)cc1. The maximum absolute atomic E-state index is 12.6. The first-order chi connectivity index (χ1) is 14.0. The van der Waals surface area contributed by atoms with Crippen molar-refractivity contribution in [1.29, 1.82) is 0 Å². The first-order valence-electron chi connectivity index (χ1n) is 9.73. The minimum atomic E-state index is -0.309. The van der Waals surface area contributed by atoms with Gasteiger partial charge in [-0.2, -0.15) is 0 Å². The van der Waals surface area contributed by atoms with Crippen LogP contribution in [0.2, 0.25) is 0 Å². The number of hydrogen-bond acceptors (Lipinski definition) is 3. The van der Waals surface area contributed by atoms with E-state index in [0.717, 1.165) is 6.42 Å². The molecule has 0 aliphatic heterocycles. The number of rotatable bonds is 6. The molecule has 0 unspecified atom stereocenters. The summed E-state index contributed by atoms with van der Waals surface area (Å²) in [5, 5.41) is 5.67. The molecule has 3 rings (SSSR count). The van der Waals surface area contributed by atoms with Crippen molar-refractivity contribution in [1.82, 2.24) is 4.98 Å². The maximum Gasteiger partial charge on any atom is 0.257 e. The van der Waals surface area contributed by atoms with Gasteiger partial charge in [-0.1, -0.05) is 45.0 Å². The summed E-state index contributed by atoms with van der Waals surface area (Å²) in [4.78, 5) is 29.1. The zero-order valence-electron chi connectivity index (χ0n) is 16.9. The molecule has 0 fully saturated rings. The van der Waals surface area contributed by atoms with Gasteiger partial charge >= 0.3 is 0 Å². The molecule has 0 saturated carbocycles. The van der Waals surface area contributed by atoms with E-state index in [0.29, 0.717) is 28.4 Å². The molecule has 0 spiro atoms. The Bertz CT molecular complexity index is 993. The smallest absolute Gasteiger partial charge is 0.257 e. The highest BCUT2D eigenvalue weighted by atomic mass is 16.2. The molecule has 1 aromatic heterocycles. The lowest BCUT2D eigenvalue weighted by Crippen LogP contribution is -2.16. The standard InChI is InChI=1S/C24H25N3O2/c1-4-17-5-9-21(10-6-17)26-23(28)19-13-20(15-25-14-19)24(29)27-22-11-7-18(8-12-22)16(2)3/h5-16H,4H2,1-3H3,(H,26,28)(H,27,29). The summed E-state index contributed by atoms with van der Waals surface area (Å²) in [6.07, 6.45) is 3.84. The summed E-state index contributed by atoms with van der Waals surface area (Å²) >= 11 is 0. The normalized spacial score (nSPS) is 10.6. The second-order valence-corrected chi connectivity index (χ2v) is 7.20. The molecule has 0 bridgehead atoms. The molecule has 0 atom stereocenters. The van der Waals surface area contributed by atoms with Crippen molar-refractivity contribution in [2.75, 3.05) is 10.6 Å². The lowest BCUT2D eigenvalue weighted by molar-refractivity contribution is 0.102. The number of pyridine rings is 1. The number of anilines is 2. The monoisotopic (exact) mass is 387 g/mol. The largest absolute Gasteiger partial charge is 0.322 e. The Morgan fingerprint density at radius 3 is 1.76 bits per heavy atom. The first kappa shape index (κ1) is 20.3. The van der Waals surface area contributed by atoms with E-state index in [9.17, 15) is 9.59 Å². The van der Waals surface area contributed by atoms with E-state index in [-0.39, 0.29) is 11.8 Å². The minimum absolute atomic E-state index is 0.308. The molecule has 2 N–H and O–H groups in total. The van der Waals surface area contributed by atoms with E-state index in [4.69, 9.17) is 0 Å². The molecule has 0 radical (unpaired) electrons. The Hall–Kier alpha value is -3.47. The topological polar surface area (TPSA) is 71.1 Å². The Morgan fingerprint density at radius 1 is 0.828 bits per heavy atom. The number of carbonyl (C=O) groups excluding carboxylic acids is 2. The van der Waals surface area contributed by atoms with Crippen molar-refractivity contribution in [3.63, 3.8) is 0 Å². The number of nitrogens with one attached hydrogen (secondary N) is 2. The van der Waals surface area contributed by atoms with Gasteiger partial charge in [-0.15, -0.1) is 0 Å². The summed E-state index contributed by atoms with van der Waals surface area (Å²) in [6.45, 7) is 6.32. The fraction of sp³-hybridized carbons (Fsp3) is 0.208. The van der Waals surface area contributed by atoms with Gasteiger partial charge in [0.25, 0.3) is 11.8 Å². The van der Waals surface area contributed by atoms with Gasteiger partial charge in [-0.05, 0) is 53.8 Å². The summed E-state index contributed by atoms with van der Waals surface area (Å²) < 4.78 is 0. The Kier molecular flexibility index (Phi) is 6.39. The molecule has 3 aromatic rings. The first-order valence-corrected chi connectivity index (χ1v) is 9.73. The highest BCUT2D eigenvalue weighted by Gasteiger charge is 2.12. The predicted octanol–water partition coefficient (Wildman–Crippen LogP) is 5.27. The molecule has 5 nitrogen and oxygen atoms in total. The zero-order chi connectivity index (χ0) is 20.8. The van der Waals surface area contributed by atoms with Gasteiger partial charge in [0.15, 0.2) is 0 Å². The summed E-state index contributed by atoms with van der Waals surface area (Å²) in [5.74, 6) is -0.188. The summed E-state index contributed by atoms with van der Waals surface area (Å²) in [7, 11) is 0. The van der Waals surface area contributed by atoms with Crippen LogP contribution in [-0.4, -0.2) is 16.8 Å². The number of benzene rings is 2. The third-order valence-electron chi connectivity index (χ3n) is 4.72. The average Bonchev–Trinajstić information content (AvgIpc) is 2.74. The third kappa shape index (κ3) is 5.29. The van der Waals surface area contributed by atoms with Crippen molar-refractivity contribution in [2.24, 2.45) is 0 Å². The highest BCUT2D eigenvalue weighted by Crippen LogP contribution is 2.18. The van der Waals surface area contributed by atoms with E-state index in [1.165, 1.54) is 23.5 Å². The van der Waals surface area contributed by atoms with Gasteiger partial charge in [0.1, 0.15) is 0 Å². The highest BCUT2D eigenvalue weighted by molar-refractivity contribution is 6.08. The van der Waals surface area contributed by atoms with E-state index < -0.39 is 0 Å². The molecule has 5 heteroatoms. The molecule has 1 heterocycles. The molecular formula is C24H25N3O2. The average molecular weight is 387 g/mol. The Labute approximate surface area is 171 Å². The van der Waals surface area contributed by atoms with Crippen LogP contribution in [0.3, 0.4) is 0 Å². The predicted molar refractivity (Wildman–Crippen MR) is 116 cm³/mol. The molecule has 2 aromatic carbocycles. The van der Waals surface area contributed by atoms with Crippen LogP contribution < -0.4 is 10.6 Å². The quantitative estimate of drug-likeness (QED) is 0.605. The van der Waals surface area contributed by atoms with Crippen LogP contribution in [0.25, 0.3) is 0 Å². The van der Waals surface area contributed by atoms with Gasteiger partial charge in [-0.3, -0.25) is 14.6 Å². The molecule has 0 saturated heterocycles. The second kappa shape index (κ2) is 9.15. The van der Waals surface area contributed by atoms with E-state index >= 15 is 0 Å². The van der Waals surface area contributed by atoms with Gasteiger partial charge < -0.3 is 10.6 Å². The lowest BCUT2D eigenvalue weighted by Gasteiger charge is -2.09. The zero-order valence-corrected chi connectivity index (χ0v) is 16.9. The number of carbonyl (C=O) groups is 2. The van der Waals surface area contributed by atoms with Crippen LogP contribution in [0.5, 0.6) is 0 Å². The number of aromatic nitrogens is 1. The molecular weight excluding hydrogens is 362 g/mol. The summed E-state index contributed by atoms with van der Waals surface area (Å²) in [6, 6.07) is 16.9. The van der Waals surface area contributed by atoms with E-state index in [2.05, 4.69) is 36.4 Å². The number of hydrogen-bond donors (Lipinski definition) is 2. The van der Waals surface area contributed by atoms with Crippen LogP contribution in [0.15, 0.2) is 67.0 Å². The molecule has 2 amide bonds. The third-order valence-corrected chi connectivity index (χ3v) is 4.72. The fourth-order valence-electron chi connectivity index (χ4n) is 2.87. The molecule has 148 valence electrons. The fourth-order valence-corrected chi connectivity index (χ4v) is 2.87. The second-order valence-electron chi connectivity index (χ2n) is 7.20. The van der Waals surface area contributed by atoms with Gasteiger partial charge in [-0.25, -0.2) is 0 Å². The van der Waals surface area contributed by atoms with Crippen LogP contribution in [0.4, 0.5) is 11.4 Å². The van der Waals surface area contributed by atoms with E-state index in [1.54, 1.807) is 6.07 Å². The van der Waals surface area contributed by atoms with Crippen molar-refractivity contribution < 1.29 is 9.59 Å². The number of amides is 2. The Balaban J connectivity index is 1.68. The van der Waals surface area contributed by atoms with Crippen LogP contribution in [0, 0.1) is 0 Å². The van der Waals surface area contributed by atoms with Gasteiger partial charge in [0.05, 0.1) is 11.1 Å². The van der Waals surface area contributed by atoms with Crippen molar-refractivity contribution in [3.8, 4) is 0 Å². The molecule has 0 aliphatic carbocycles. The number of nitrogens with zero attached hydrogens (tertiary/aromatic N) is 1. The van der Waals surface area contributed by atoms with Gasteiger partial charge in [0, 0.05) is 23.8 Å². The van der Waals surface area contributed by atoms with Gasteiger partial charge in [0.2, 0.25) is 0 Å². The molecule has 29 heavy (non-hydrogen) atoms. The lowest BCUT2D eigenvalue weighted by atomic mass is 10.0. The van der Waals surface area contributed by atoms with Crippen molar-refractivity contribution in [3.05, 3.63) is 89.2 Å². The molecule has 0 aliphatic rings. The van der Waals surface area contributed by atoms with Crippen LogP contribution in [0.1, 0.15) is 58.5 Å². The minimum Gasteiger partial charge on any atom is -0.322 e. The van der Waals surface area contributed by atoms with E-state index in [1.807, 2.05) is 48.5 Å². The Morgan fingerprint density at radius 2 is 1.31 bits per heavy atom. The van der Waals surface area contributed by atoms with Crippen LogP contribution >= 0.6 is 0 Å². The number of aryl methyl sites for hydroxylation is 1.